The van der Waals surface area contributed by atoms with Gasteiger partial charge in [0.25, 0.3) is 0 Å². The molecule has 0 spiro atoms. The van der Waals surface area contributed by atoms with Gasteiger partial charge in [0.2, 0.25) is 5.95 Å². The molecule has 2 heterocycles. The molecule has 1 aromatic heterocycles. The zero-order valence-electron chi connectivity index (χ0n) is 19.3. The third kappa shape index (κ3) is 6.66. The molecule has 4 rings (SSSR count). The second-order valence-corrected chi connectivity index (χ2v) is 8.19. The van der Waals surface area contributed by atoms with E-state index >= 15 is 0 Å². The Morgan fingerprint density at radius 2 is 1.91 bits per heavy atom. The number of benzene rings is 2. The minimum Gasteiger partial charge on any atom is -0.467 e. The number of anilines is 3. The van der Waals surface area contributed by atoms with Crippen molar-refractivity contribution in [3.05, 3.63) is 78.2 Å². The minimum atomic E-state index is -0.790. The molecule has 0 saturated carbocycles. The zero-order chi connectivity index (χ0) is 24.6. The average molecular weight is 479 g/mol. The van der Waals surface area contributed by atoms with Crippen LogP contribution in [0.15, 0.2) is 66.9 Å². The summed E-state index contributed by atoms with van der Waals surface area (Å²) in [6, 6.07) is 15.8. The third-order valence-corrected chi connectivity index (χ3v) is 5.66. The average Bonchev–Trinajstić information content (AvgIpc) is 3.34. The Kier molecular flexibility index (Phi) is 7.71. The van der Waals surface area contributed by atoms with Gasteiger partial charge in [-0.05, 0) is 42.3 Å². The molecule has 1 fully saturated rings. The molecule has 1 saturated heterocycles. The van der Waals surface area contributed by atoms with E-state index in [9.17, 15) is 14.0 Å². The lowest BCUT2D eigenvalue weighted by molar-refractivity contribution is -0.142. The minimum absolute atomic E-state index is 0.117. The molecule has 182 valence electrons. The number of rotatable bonds is 8. The van der Waals surface area contributed by atoms with Gasteiger partial charge in [0, 0.05) is 37.4 Å². The van der Waals surface area contributed by atoms with E-state index in [-0.39, 0.29) is 11.9 Å². The van der Waals surface area contributed by atoms with Crippen molar-refractivity contribution >= 4 is 29.5 Å². The quantitative estimate of drug-likeness (QED) is 0.427. The van der Waals surface area contributed by atoms with Gasteiger partial charge in [-0.3, -0.25) is 0 Å². The molecular formula is C25H27FN6O3. The summed E-state index contributed by atoms with van der Waals surface area (Å²) in [6.45, 7) is 1.25. The smallest absolute Gasteiger partial charge is 0.328 e. The summed E-state index contributed by atoms with van der Waals surface area (Å²) in [5.41, 5.74) is 1.60. The van der Waals surface area contributed by atoms with Crippen LogP contribution in [0.25, 0.3) is 0 Å². The highest BCUT2D eigenvalue weighted by molar-refractivity contribution is 5.84. The van der Waals surface area contributed by atoms with Gasteiger partial charge in [-0.1, -0.05) is 30.3 Å². The first kappa shape index (κ1) is 23.9. The number of esters is 1. The van der Waals surface area contributed by atoms with Gasteiger partial charge in [-0.2, -0.15) is 4.98 Å². The fourth-order valence-electron chi connectivity index (χ4n) is 3.90. The molecule has 3 aromatic rings. The number of carbonyl (C=O) groups is 2. The molecular weight excluding hydrogens is 451 g/mol. The number of methoxy groups -OCH3 is 1. The highest BCUT2D eigenvalue weighted by atomic mass is 19.1. The maximum absolute atomic E-state index is 13.1. The standard InChI is InChI=1S/C25H27FN6O3/c1-35-23(33)21(15-17-5-3-2-4-6-17)30-25(34)29-20-12-14-32(16-20)22-11-13-27-24(31-22)28-19-9-7-18(26)8-10-19/h2-11,13,20-21H,12,14-16H2,1H3,(H,27,28,31)(H2,29,30,34). The Labute approximate surface area is 202 Å². The molecule has 1 aliphatic rings. The number of nitrogens with zero attached hydrogens (tertiary/aromatic N) is 3. The van der Waals surface area contributed by atoms with Crippen molar-refractivity contribution < 1.29 is 18.7 Å². The molecule has 2 unspecified atom stereocenters. The summed E-state index contributed by atoms with van der Waals surface area (Å²) in [4.78, 5) is 35.6. The first-order valence-electron chi connectivity index (χ1n) is 11.3. The van der Waals surface area contributed by atoms with Crippen LogP contribution in [0, 0.1) is 5.82 Å². The largest absolute Gasteiger partial charge is 0.467 e. The van der Waals surface area contributed by atoms with Crippen LogP contribution in [0.1, 0.15) is 12.0 Å². The van der Waals surface area contributed by atoms with Crippen molar-refractivity contribution in [3.8, 4) is 0 Å². The molecule has 2 aromatic carbocycles. The van der Waals surface area contributed by atoms with Crippen LogP contribution in [0.4, 0.5) is 26.6 Å². The van der Waals surface area contributed by atoms with Gasteiger partial charge in [-0.25, -0.2) is 19.0 Å². The van der Waals surface area contributed by atoms with Crippen molar-refractivity contribution in [1.82, 2.24) is 20.6 Å². The van der Waals surface area contributed by atoms with E-state index in [2.05, 4.69) is 25.9 Å². The monoisotopic (exact) mass is 478 g/mol. The summed E-state index contributed by atoms with van der Waals surface area (Å²) in [5, 5.41) is 8.73. The Morgan fingerprint density at radius 3 is 2.66 bits per heavy atom. The maximum atomic E-state index is 13.1. The number of hydrogen-bond acceptors (Lipinski definition) is 7. The van der Waals surface area contributed by atoms with E-state index in [1.165, 1.54) is 19.2 Å². The van der Waals surface area contributed by atoms with Gasteiger partial charge in [0.15, 0.2) is 0 Å². The molecule has 2 atom stereocenters. The van der Waals surface area contributed by atoms with Crippen molar-refractivity contribution in [2.75, 3.05) is 30.4 Å². The SMILES string of the molecule is COC(=O)C(Cc1ccccc1)NC(=O)NC1CCN(c2ccnc(Nc3ccc(F)cc3)n2)C1. The number of urea groups is 1. The zero-order valence-corrected chi connectivity index (χ0v) is 19.3. The summed E-state index contributed by atoms with van der Waals surface area (Å²) in [7, 11) is 1.30. The van der Waals surface area contributed by atoms with Crippen molar-refractivity contribution in [1.29, 1.82) is 0 Å². The van der Waals surface area contributed by atoms with E-state index in [0.717, 1.165) is 12.0 Å². The summed E-state index contributed by atoms with van der Waals surface area (Å²) >= 11 is 0. The first-order valence-corrected chi connectivity index (χ1v) is 11.3. The predicted octanol–water partition coefficient (Wildman–Crippen LogP) is 3.02. The summed E-state index contributed by atoms with van der Waals surface area (Å²) < 4.78 is 18.0. The van der Waals surface area contributed by atoms with Crippen LogP contribution in [0.2, 0.25) is 0 Å². The number of aromatic nitrogens is 2. The van der Waals surface area contributed by atoms with Crippen LogP contribution in [0.3, 0.4) is 0 Å². The van der Waals surface area contributed by atoms with Crippen LogP contribution >= 0.6 is 0 Å². The molecule has 35 heavy (non-hydrogen) atoms. The number of carbonyl (C=O) groups excluding carboxylic acids is 2. The molecule has 1 aliphatic heterocycles. The van der Waals surface area contributed by atoms with Crippen molar-refractivity contribution in [2.24, 2.45) is 0 Å². The van der Waals surface area contributed by atoms with Crippen LogP contribution < -0.4 is 20.9 Å². The lowest BCUT2D eigenvalue weighted by Crippen LogP contribution is -2.50. The Bertz CT molecular complexity index is 1150. The van der Waals surface area contributed by atoms with Gasteiger partial charge in [0.05, 0.1) is 7.11 Å². The van der Waals surface area contributed by atoms with E-state index in [1.54, 1.807) is 24.4 Å². The van der Waals surface area contributed by atoms with Crippen LogP contribution in [0.5, 0.6) is 0 Å². The molecule has 0 aliphatic carbocycles. The number of halogens is 1. The Hall–Kier alpha value is -4.21. The second kappa shape index (κ2) is 11.3. The number of ether oxygens (including phenoxy) is 1. The van der Waals surface area contributed by atoms with E-state index in [1.807, 2.05) is 35.2 Å². The lowest BCUT2D eigenvalue weighted by atomic mass is 10.1. The van der Waals surface area contributed by atoms with E-state index in [0.29, 0.717) is 37.0 Å². The van der Waals surface area contributed by atoms with Gasteiger partial charge in [-0.15, -0.1) is 0 Å². The third-order valence-electron chi connectivity index (χ3n) is 5.66. The normalized spacial score (nSPS) is 15.8. The topological polar surface area (TPSA) is 108 Å². The molecule has 9 nitrogen and oxygen atoms in total. The maximum Gasteiger partial charge on any atom is 0.328 e. The first-order chi connectivity index (χ1) is 17.0. The van der Waals surface area contributed by atoms with Gasteiger partial charge >= 0.3 is 12.0 Å². The number of amides is 2. The predicted molar refractivity (Wildman–Crippen MR) is 130 cm³/mol. The fourth-order valence-corrected chi connectivity index (χ4v) is 3.90. The second-order valence-electron chi connectivity index (χ2n) is 8.19. The lowest BCUT2D eigenvalue weighted by Gasteiger charge is -2.20. The summed E-state index contributed by atoms with van der Waals surface area (Å²) in [5.74, 6) is 0.290. The molecule has 0 radical (unpaired) electrons. The Balaban J connectivity index is 1.32. The van der Waals surface area contributed by atoms with Crippen LogP contribution in [-0.4, -0.2) is 54.3 Å². The number of nitrogens with one attached hydrogen (secondary N) is 3. The van der Waals surface area contributed by atoms with E-state index < -0.39 is 18.0 Å². The Morgan fingerprint density at radius 1 is 1.14 bits per heavy atom. The van der Waals surface area contributed by atoms with Crippen LogP contribution in [-0.2, 0) is 16.0 Å². The fraction of sp³-hybridized carbons (Fsp3) is 0.280. The highest BCUT2D eigenvalue weighted by Gasteiger charge is 2.27. The van der Waals surface area contributed by atoms with Crippen molar-refractivity contribution in [3.63, 3.8) is 0 Å². The number of hydrogen-bond donors (Lipinski definition) is 3. The van der Waals surface area contributed by atoms with Gasteiger partial charge in [0.1, 0.15) is 17.7 Å². The molecule has 0 bridgehead atoms. The molecule has 10 heteroatoms. The molecule has 3 N–H and O–H groups in total. The van der Waals surface area contributed by atoms with Crippen molar-refractivity contribution in [2.45, 2.75) is 24.9 Å². The molecule has 2 amide bonds. The summed E-state index contributed by atoms with van der Waals surface area (Å²) in [6.07, 6.45) is 2.70. The van der Waals surface area contributed by atoms with E-state index in [4.69, 9.17) is 4.74 Å². The van der Waals surface area contributed by atoms with Gasteiger partial charge < -0.3 is 25.6 Å². The highest BCUT2D eigenvalue weighted by Crippen LogP contribution is 2.20.